The first kappa shape index (κ1) is 12.7. The van der Waals surface area contributed by atoms with Crippen LogP contribution in [0, 0.1) is 0 Å². The molecule has 1 aromatic rings. The molecule has 1 saturated heterocycles. The summed E-state index contributed by atoms with van der Waals surface area (Å²) in [6.45, 7) is 1.78. The molecule has 0 amide bonds. The lowest BCUT2D eigenvalue weighted by Crippen LogP contribution is -2.29. The SMILES string of the molecule is COC(=O)C1(Cl)OC1(C)Cc1ccc(Cl)cc1. The van der Waals surface area contributed by atoms with E-state index in [4.69, 9.17) is 27.9 Å². The van der Waals surface area contributed by atoms with Gasteiger partial charge in [-0.25, -0.2) is 4.79 Å². The van der Waals surface area contributed by atoms with Crippen LogP contribution in [0.5, 0.6) is 0 Å². The van der Waals surface area contributed by atoms with Crippen LogP contribution in [-0.2, 0) is 20.7 Å². The molecular weight excluding hydrogens is 263 g/mol. The molecular formula is C12H12Cl2O3. The number of rotatable bonds is 3. The number of carbonyl (C=O) groups excluding carboxylic acids is 1. The zero-order chi connectivity index (χ0) is 12.7. The van der Waals surface area contributed by atoms with E-state index < -0.39 is 16.6 Å². The third-order valence-electron chi connectivity index (χ3n) is 2.91. The van der Waals surface area contributed by atoms with Gasteiger partial charge >= 0.3 is 5.97 Å². The second-order valence-corrected chi connectivity index (χ2v) is 5.19. The van der Waals surface area contributed by atoms with Gasteiger partial charge in [0.1, 0.15) is 5.60 Å². The molecule has 0 radical (unpaired) electrons. The third kappa shape index (κ3) is 2.15. The van der Waals surface area contributed by atoms with Gasteiger partial charge in [0.25, 0.3) is 5.06 Å². The number of epoxide rings is 1. The van der Waals surface area contributed by atoms with Crippen LogP contribution in [0.25, 0.3) is 0 Å². The van der Waals surface area contributed by atoms with Gasteiger partial charge in [-0.2, -0.15) is 0 Å². The Bertz CT molecular complexity index is 446. The fourth-order valence-corrected chi connectivity index (χ4v) is 2.26. The maximum absolute atomic E-state index is 11.5. The van der Waals surface area contributed by atoms with Gasteiger partial charge in [-0.1, -0.05) is 35.3 Å². The van der Waals surface area contributed by atoms with Crippen LogP contribution in [0.3, 0.4) is 0 Å². The van der Waals surface area contributed by atoms with Crippen molar-refractivity contribution in [1.29, 1.82) is 0 Å². The molecule has 0 N–H and O–H groups in total. The largest absolute Gasteiger partial charge is 0.466 e. The Labute approximate surface area is 110 Å². The lowest BCUT2D eigenvalue weighted by Gasteiger charge is -2.09. The zero-order valence-corrected chi connectivity index (χ0v) is 11.0. The van der Waals surface area contributed by atoms with Crippen molar-refractivity contribution in [2.24, 2.45) is 0 Å². The minimum atomic E-state index is -1.36. The second kappa shape index (κ2) is 4.16. The molecule has 2 rings (SSSR count). The number of hydrogen-bond acceptors (Lipinski definition) is 3. The van der Waals surface area contributed by atoms with E-state index in [2.05, 4.69) is 4.74 Å². The van der Waals surface area contributed by atoms with Crippen LogP contribution in [0.4, 0.5) is 0 Å². The van der Waals surface area contributed by atoms with Crippen molar-refractivity contribution >= 4 is 29.2 Å². The molecule has 0 aromatic heterocycles. The number of ether oxygens (including phenoxy) is 2. The number of carbonyl (C=O) groups is 1. The lowest BCUT2D eigenvalue weighted by molar-refractivity contribution is -0.143. The van der Waals surface area contributed by atoms with E-state index in [9.17, 15) is 4.79 Å². The summed E-state index contributed by atoms with van der Waals surface area (Å²) in [5.41, 5.74) is 0.276. The van der Waals surface area contributed by atoms with Crippen molar-refractivity contribution in [3.05, 3.63) is 34.9 Å². The molecule has 1 aliphatic rings. The molecule has 2 unspecified atom stereocenters. The van der Waals surface area contributed by atoms with Gasteiger partial charge in [0.2, 0.25) is 0 Å². The van der Waals surface area contributed by atoms with Gasteiger partial charge in [-0.05, 0) is 24.6 Å². The van der Waals surface area contributed by atoms with Crippen molar-refractivity contribution in [2.45, 2.75) is 24.0 Å². The normalized spacial score (nSPS) is 31.1. The first-order valence-electron chi connectivity index (χ1n) is 5.13. The van der Waals surface area contributed by atoms with Crippen LogP contribution in [-0.4, -0.2) is 23.7 Å². The summed E-state index contributed by atoms with van der Waals surface area (Å²) in [5, 5.41) is -0.692. The van der Waals surface area contributed by atoms with E-state index in [0.29, 0.717) is 11.4 Å². The van der Waals surface area contributed by atoms with Crippen molar-refractivity contribution < 1.29 is 14.3 Å². The smallest absolute Gasteiger partial charge is 0.357 e. The number of esters is 1. The minimum absolute atomic E-state index is 0.531. The molecule has 1 aromatic carbocycles. The van der Waals surface area contributed by atoms with Gasteiger partial charge in [-0.15, -0.1) is 0 Å². The Hall–Kier alpha value is -0.770. The van der Waals surface area contributed by atoms with E-state index in [1.807, 2.05) is 12.1 Å². The summed E-state index contributed by atoms with van der Waals surface area (Å²) < 4.78 is 9.95. The van der Waals surface area contributed by atoms with Crippen LogP contribution in [0.15, 0.2) is 24.3 Å². The summed E-state index contributed by atoms with van der Waals surface area (Å²) in [7, 11) is 1.29. The number of halogens is 2. The van der Waals surface area contributed by atoms with Gasteiger partial charge in [0.05, 0.1) is 7.11 Å². The average Bonchev–Trinajstić information content (AvgIpc) is 2.85. The fraction of sp³-hybridized carbons (Fsp3) is 0.417. The summed E-state index contributed by atoms with van der Waals surface area (Å²) in [6, 6.07) is 7.33. The highest BCUT2D eigenvalue weighted by Gasteiger charge is 2.72. The number of hydrogen-bond donors (Lipinski definition) is 0. The molecule has 1 heterocycles. The summed E-state index contributed by atoms with van der Waals surface area (Å²) in [5.74, 6) is -0.560. The molecule has 1 aliphatic heterocycles. The van der Waals surface area contributed by atoms with Crippen molar-refractivity contribution in [3.8, 4) is 0 Å². The highest BCUT2D eigenvalue weighted by Crippen LogP contribution is 2.53. The van der Waals surface area contributed by atoms with Gasteiger partial charge < -0.3 is 9.47 Å². The molecule has 2 atom stereocenters. The maximum atomic E-state index is 11.5. The number of benzene rings is 1. The Morgan fingerprint density at radius 3 is 2.53 bits per heavy atom. The maximum Gasteiger partial charge on any atom is 0.357 e. The predicted octanol–water partition coefficient (Wildman–Crippen LogP) is 2.78. The Kier molecular flexibility index (Phi) is 3.10. The second-order valence-electron chi connectivity index (χ2n) is 4.22. The third-order valence-corrected chi connectivity index (χ3v) is 3.79. The van der Waals surface area contributed by atoms with E-state index in [1.54, 1.807) is 19.1 Å². The van der Waals surface area contributed by atoms with Crippen LogP contribution in [0.1, 0.15) is 12.5 Å². The Morgan fingerprint density at radius 2 is 2.00 bits per heavy atom. The van der Waals surface area contributed by atoms with Crippen LogP contribution >= 0.6 is 23.2 Å². The first-order valence-corrected chi connectivity index (χ1v) is 5.89. The molecule has 0 spiro atoms. The van der Waals surface area contributed by atoms with Crippen molar-refractivity contribution in [3.63, 3.8) is 0 Å². The standard InChI is InChI=1S/C12H12Cl2O3/c1-11(12(14,17-11)10(15)16-2)7-8-3-5-9(13)6-4-8/h3-6H,7H2,1-2H3. The van der Waals surface area contributed by atoms with Crippen molar-refractivity contribution in [2.75, 3.05) is 7.11 Å². The highest BCUT2D eigenvalue weighted by atomic mass is 35.5. The van der Waals surface area contributed by atoms with E-state index in [1.165, 1.54) is 7.11 Å². The monoisotopic (exact) mass is 274 g/mol. The summed E-state index contributed by atoms with van der Waals surface area (Å²) in [4.78, 5) is 11.5. The molecule has 17 heavy (non-hydrogen) atoms. The van der Waals surface area contributed by atoms with Crippen molar-refractivity contribution in [1.82, 2.24) is 0 Å². The average molecular weight is 275 g/mol. The number of alkyl halides is 1. The first-order chi connectivity index (χ1) is 7.91. The predicted molar refractivity (Wildman–Crippen MR) is 65.2 cm³/mol. The Balaban J connectivity index is 2.11. The molecule has 92 valence electrons. The van der Waals surface area contributed by atoms with Gasteiger partial charge in [0.15, 0.2) is 0 Å². The summed E-state index contributed by atoms with van der Waals surface area (Å²) in [6.07, 6.45) is 0.531. The van der Waals surface area contributed by atoms with Crippen LogP contribution < -0.4 is 0 Å². The molecule has 1 fully saturated rings. The minimum Gasteiger partial charge on any atom is -0.466 e. The van der Waals surface area contributed by atoms with Gasteiger partial charge in [0, 0.05) is 11.4 Å². The Morgan fingerprint density at radius 1 is 1.41 bits per heavy atom. The van der Waals surface area contributed by atoms with E-state index in [0.717, 1.165) is 5.56 Å². The molecule has 0 saturated carbocycles. The molecule has 0 bridgehead atoms. The van der Waals surface area contributed by atoms with E-state index >= 15 is 0 Å². The van der Waals surface area contributed by atoms with Crippen LogP contribution in [0.2, 0.25) is 5.02 Å². The topological polar surface area (TPSA) is 38.8 Å². The quantitative estimate of drug-likeness (QED) is 0.483. The fourth-order valence-electron chi connectivity index (χ4n) is 1.82. The van der Waals surface area contributed by atoms with E-state index in [-0.39, 0.29) is 0 Å². The lowest BCUT2D eigenvalue weighted by atomic mass is 9.97. The summed E-state index contributed by atoms with van der Waals surface area (Å²) >= 11 is 11.9. The molecule has 3 nitrogen and oxygen atoms in total. The molecule has 0 aliphatic carbocycles. The van der Waals surface area contributed by atoms with Gasteiger partial charge in [-0.3, -0.25) is 0 Å². The zero-order valence-electron chi connectivity index (χ0n) is 9.50. The molecule has 5 heteroatoms. The number of methoxy groups -OCH3 is 1. The highest BCUT2D eigenvalue weighted by molar-refractivity contribution is 6.35.